The van der Waals surface area contributed by atoms with Gasteiger partial charge in [0.2, 0.25) is 0 Å². The molecule has 0 spiro atoms. The molecule has 2 heterocycles. The number of H-pyrrole nitrogens is 1. The van der Waals surface area contributed by atoms with Crippen LogP contribution in [0.5, 0.6) is 11.5 Å². The molecule has 0 unspecified atom stereocenters. The predicted octanol–water partition coefficient (Wildman–Crippen LogP) is 3.55. The summed E-state index contributed by atoms with van der Waals surface area (Å²) < 4.78 is 5.73. The van der Waals surface area contributed by atoms with Crippen LogP contribution in [0.15, 0.2) is 66.9 Å². The number of para-hydroxylation sites is 1. The Hall–Kier alpha value is -3.61. The molecule has 1 saturated heterocycles. The lowest BCUT2D eigenvalue weighted by atomic mass is 9.95. The van der Waals surface area contributed by atoms with Crippen LogP contribution in [0.1, 0.15) is 24.5 Å². The number of rotatable bonds is 4. The van der Waals surface area contributed by atoms with E-state index in [-0.39, 0.29) is 5.92 Å². The third kappa shape index (κ3) is 4.63. The lowest BCUT2D eigenvalue weighted by Gasteiger charge is -2.31. The van der Waals surface area contributed by atoms with Gasteiger partial charge in [-0.1, -0.05) is 18.2 Å². The van der Waals surface area contributed by atoms with E-state index in [9.17, 15) is 9.59 Å². The zero-order chi connectivity index (χ0) is 20.1. The lowest BCUT2D eigenvalue weighted by Crippen LogP contribution is -2.44. The average Bonchev–Trinajstić information content (AvgIpc) is 3.30. The topological polar surface area (TPSA) is 87.3 Å². The van der Waals surface area contributed by atoms with E-state index in [1.165, 1.54) is 0 Å². The third-order valence-corrected chi connectivity index (χ3v) is 4.96. The highest BCUT2D eigenvalue weighted by Crippen LogP contribution is 2.26. The summed E-state index contributed by atoms with van der Waals surface area (Å²) in [5, 5.41) is 9.61. The van der Waals surface area contributed by atoms with E-state index >= 15 is 0 Å². The number of aromatic amines is 1. The molecule has 1 fully saturated rings. The minimum Gasteiger partial charge on any atom is -0.457 e. The molecular weight excluding hydrogens is 368 g/mol. The number of carbonyl (C=O) groups excluding carboxylic acids is 2. The van der Waals surface area contributed by atoms with Crippen LogP contribution in [0.2, 0.25) is 0 Å². The molecule has 2 aromatic carbocycles. The van der Waals surface area contributed by atoms with Crippen LogP contribution in [0.3, 0.4) is 0 Å². The minimum absolute atomic E-state index is 0.178. The summed E-state index contributed by atoms with van der Waals surface area (Å²) in [5.74, 6) is 0.415. The maximum atomic E-state index is 12.6. The Bertz CT molecular complexity index is 955. The van der Waals surface area contributed by atoms with Crippen molar-refractivity contribution in [1.82, 2.24) is 15.1 Å². The number of piperidine rings is 1. The van der Waals surface area contributed by atoms with Crippen molar-refractivity contribution in [3.8, 4) is 11.5 Å². The van der Waals surface area contributed by atoms with Crippen molar-refractivity contribution in [1.29, 1.82) is 0 Å². The highest BCUT2D eigenvalue weighted by atomic mass is 16.5. The Morgan fingerprint density at radius 3 is 2.52 bits per heavy atom. The molecule has 1 atom stereocenters. The van der Waals surface area contributed by atoms with Gasteiger partial charge in [-0.3, -0.25) is 14.7 Å². The normalized spacial score (nSPS) is 16.3. The molecule has 2 amide bonds. The average molecular weight is 390 g/mol. The fraction of sp³-hybridized carbons (Fsp3) is 0.227. The summed E-state index contributed by atoms with van der Waals surface area (Å²) in [6.45, 7) is 1.10. The van der Waals surface area contributed by atoms with E-state index in [1.807, 2.05) is 36.4 Å². The number of benzene rings is 2. The van der Waals surface area contributed by atoms with Crippen molar-refractivity contribution in [3.05, 3.63) is 72.6 Å². The first-order valence-corrected chi connectivity index (χ1v) is 9.61. The van der Waals surface area contributed by atoms with Gasteiger partial charge >= 0.3 is 11.8 Å². The molecule has 0 aliphatic carbocycles. The van der Waals surface area contributed by atoms with E-state index in [0.29, 0.717) is 24.5 Å². The number of hydrogen-bond donors (Lipinski definition) is 2. The Morgan fingerprint density at radius 2 is 1.79 bits per heavy atom. The van der Waals surface area contributed by atoms with Crippen molar-refractivity contribution >= 4 is 17.5 Å². The molecule has 0 bridgehead atoms. The van der Waals surface area contributed by atoms with Gasteiger partial charge in [0.1, 0.15) is 11.5 Å². The highest BCUT2D eigenvalue weighted by molar-refractivity contribution is 6.39. The Balaban J connectivity index is 1.34. The molecule has 1 aliphatic heterocycles. The number of likely N-dealkylation sites (tertiary alicyclic amines) is 1. The molecule has 3 aromatic rings. The Labute approximate surface area is 168 Å². The van der Waals surface area contributed by atoms with Crippen molar-refractivity contribution in [2.45, 2.75) is 18.8 Å². The van der Waals surface area contributed by atoms with E-state index < -0.39 is 11.8 Å². The second-order valence-electron chi connectivity index (χ2n) is 7.00. The maximum Gasteiger partial charge on any atom is 0.313 e. The van der Waals surface area contributed by atoms with Gasteiger partial charge in [0.15, 0.2) is 0 Å². The van der Waals surface area contributed by atoms with E-state index in [4.69, 9.17) is 4.74 Å². The summed E-state index contributed by atoms with van der Waals surface area (Å²) in [6.07, 6.45) is 3.53. The lowest BCUT2D eigenvalue weighted by molar-refractivity contribution is -0.144. The van der Waals surface area contributed by atoms with Gasteiger partial charge in [-0.25, -0.2) is 0 Å². The van der Waals surface area contributed by atoms with Crippen molar-refractivity contribution < 1.29 is 14.3 Å². The fourth-order valence-electron chi connectivity index (χ4n) is 3.47. The maximum absolute atomic E-state index is 12.6. The number of hydrogen-bond acceptors (Lipinski definition) is 4. The largest absolute Gasteiger partial charge is 0.457 e. The van der Waals surface area contributed by atoms with Gasteiger partial charge in [-0.05, 0) is 55.3 Å². The van der Waals surface area contributed by atoms with E-state index in [1.54, 1.807) is 35.4 Å². The van der Waals surface area contributed by atoms with Gasteiger partial charge in [0.05, 0.1) is 0 Å². The summed E-state index contributed by atoms with van der Waals surface area (Å²) in [6, 6.07) is 18.3. The van der Waals surface area contributed by atoms with Gasteiger partial charge in [0, 0.05) is 36.6 Å². The molecule has 1 aliphatic rings. The number of aromatic nitrogens is 2. The Morgan fingerprint density at radius 1 is 1.03 bits per heavy atom. The van der Waals surface area contributed by atoms with Gasteiger partial charge in [-0.15, -0.1) is 0 Å². The summed E-state index contributed by atoms with van der Waals surface area (Å²) in [7, 11) is 0. The van der Waals surface area contributed by atoms with Crippen LogP contribution in [-0.4, -0.2) is 40.0 Å². The molecule has 0 saturated carbocycles. The first kappa shape index (κ1) is 18.7. The van der Waals surface area contributed by atoms with Gasteiger partial charge < -0.3 is 15.0 Å². The number of ether oxygens (including phenoxy) is 1. The number of nitrogens with zero attached hydrogens (tertiary/aromatic N) is 2. The van der Waals surface area contributed by atoms with E-state index in [0.717, 1.165) is 24.3 Å². The minimum atomic E-state index is -0.632. The number of nitrogens with one attached hydrogen (secondary N) is 2. The van der Waals surface area contributed by atoms with Gasteiger partial charge in [0.25, 0.3) is 0 Å². The van der Waals surface area contributed by atoms with E-state index in [2.05, 4.69) is 15.5 Å². The fourth-order valence-corrected chi connectivity index (χ4v) is 3.47. The first-order chi connectivity index (χ1) is 14.2. The Kier molecular flexibility index (Phi) is 5.56. The smallest absolute Gasteiger partial charge is 0.313 e. The van der Waals surface area contributed by atoms with Gasteiger partial charge in [-0.2, -0.15) is 5.10 Å². The first-order valence-electron chi connectivity index (χ1n) is 9.61. The third-order valence-electron chi connectivity index (χ3n) is 4.96. The standard InChI is InChI=1S/C22H22N4O3/c27-21(22(28)26-14-4-5-16(15-26)20-12-13-23-25-20)24-17-8-10-19(11-9-17)29-18-6-2-1-3-7-18/h1-3,6-13,16H,4-5,14-15H2,(H,23,25)(H,24,27)/t16-/m0/s1. The monoisotopic (exact) mass is 390 g/mol. The molecule has 7 heteroatoms. The van der Waals surface area contributed by atoms with Crippen LogP contribution < -0.4 is 10.1 Å². The van der Waals surface area contributed by atoms with Crippen molar-refractivity contribution in [2.24, 2.45) is 0 Å². The van der Waals surface area contributed by atoms with Crippen molar-refractivity contribution in [2.75, 3.05) is 18.4 Å². The molecule has 148 valence electrons. The van der Waals surface area contributed by atoms with Crippen LogP contribution >= 0.6 is 0 Å². The molecule has 0 radical (unpaired) electrons. The summed E-state index contributed by atoms with van der Waals surface area (Å²) >= 11 is 0. The number of carbonyl (C=O) groups is 2. The summed E-state index contributed by atoms with van der Waals surface area (Å²) in [5.41, 5.74) is 1.54. The number of amides is 2. The second kappa shape index (κ2) is 8.60. The molecule has 29 heavy (non-hydrogen) atoms. The molecule has 1 aromatic heterocycles. The zero-order valence-corrected chi connectivity index (χ0v) is 15.9. The van der Waals surface area contributed by atoms with Crippen LogP contribution in [-0.2, 0) is 9.59 Å². The van der Waals surface area contributed by atoms with Crippen LogP contribution in [0.25, 0.3) is 0 Å². The van der Waals surface area contributed by atoms with Crippen LogP contribution in [0, 0.1) is 0 Å². The predicted molar refractivity (Wildman–Crippen MR) is 109 cm³/mol. The molecule has 4 rings (SSSR count). The molecule has 2 N–H and O–H groups in total. The van der Waals surface area contributed by atoms with Crippen molar-refractivity contribution in [3.63, 3.8) is 0 Å². The molecule has 7 nitrogen and oxygen atoms in total. The SMILES string of the molecule is O=C(Nc1ccc(Oc2ccccc2)cc1)C(=O)N1CCC[C@H](c2ccn[nH]2)C1. The van der Waals surface area contributed by atoms with Crippen LogP contribution in [0.4, 0.5) is 5.69 Å². The quantitative estimate of drug-likeness (QED) is 0.667. The second-order valence-corrected chi connectivity index (χ2v) is 7.00. The highest BCUT2D eigenvalue weighted by Gasteiger charge is 2.29. The zero-order valence-electron chi connectivity index (χ0n) is 15.9. The molecular formula is C22H22N4O3. The summed E-state index contributed by atoms with van der Waals surface area (Å²) in [4.78, 5) is 26.6. The number of anilines is 1.